The van der Waals surface area contributed by atoms with E-state index in [-0.39, 0.29) is 42.2 Å². The van der Waals surface area contributed by atoms with Crippen LogP contribution in [0.1, 0.15) is 31.1 Å². The summed E-state index contributed by atoms with van der Waals surface area (Å²) in [7, 11) is 0. The van der Waals surface area contributed by atoms with Gasteiger partial charge in [0.05, 0.1) is 11.0 Å². The third-order valence-electron chi connectivity index (χ3n) is 3.80. The van der Waals surface area contributed by atoms with Crippen molar-refractivity contribution in [1.82, 2.24) is 5.32 Å². The molecule has 1 heterocycles. The number of nitrogens with zero attached hydrogens (tertiary/aromatic N) is 1. The van der Waals surface area contributed by atoms with Gasteiger partial charge in [0.1, 0.15) is 18.8 Å². The predicted octanol–water partition coefficient (Wildman–Crippen LogP) is 1.68. The minimum Gasteiger partial charge on any atom is -0.486 e. The lowest BCUT2D eigenvalue weighted by molar-refractivity contribution is -0.385. The Kier molecular flexibility index (Phi) is 5.79. The molecule has 0 unspecified atom stereocenters. The number of nitro groups is 1. The number of benzene rings is 1. The monoisotopic (exact) mass is 352 g/mol. The van der Waals surface area contributed by atoms with Gasteiger partial charge in [0.25, 0.3) is 11.6 Å². The van der Waals surface area contributed by atoms with Crippen molar-refractivity contribution in [3.63, 3.8) is 0 Å². The summed E-state index contributed by atoms with van der Waals surface area (Å²) in [6, 6.07) is 2.23. The fraction of sp³-hybridized carbons (Fsp3) is 0.500. The summed E-state index contributed by atoms with van der Waals surface area (Å²) in [6.45, 7) is 5.72. The summed E-state index contributed by atoms with van der Waals surface area (Å²) in [5.41, 5.74) is -0.760. The van der Waals surface area contributed by atoms with E-state index in [2.05, 4.69) is 5.32 Å². The molecule has 9 nitrogen and oxygen atoms in total. The molecule has 0 radical (unpaired) electrons. The van der Waals surface area contributed by atoms with Crippen LogP contribution in [0.25, 0.3) is 0 Å². The maximum Gasteiger partial charge on any atom is 0.345 e. The van der Waals surface area contributed by atoms with Crippen molar-refractivity contribution in [1.29, 1.82) is 0 Å². The Morgan fingerprint density at radius 2 is 1.84 bits per heavy atom. The van der Waals surface area contributed by atoms with Gasteiger partial charge in [-0.1, -0.05) is 13.8 Å². The van der Waals surface area contributed by atoms with Crippen molar-refractivity contribution < 1.29 is 28.7 Å². The first-order chi connectivity index (χ1) is 11.8. The molecule has 0 bridgehead atoms. The highest BCUT2D eigenvalue weighted by Crippen LogP contribution is 2.36. The van der Waals surface area contributed by atoms with Gasteiger partial charge in [-0.05, 0) is 12.8 Å². The highest BCUT2D eigenvalue weighted by Gasteiger charge is 2.27. The third kappa shape index (κ3) is 4.59. The van der Waals surface area contributed by atoms with Gasteiger partial charge >= 0.3 is 5.97 Å². The molecule has 1 aliphatic heterocycles. The maximum absolute atomic E-state index is 12.2. The van der Waals surface area contributed by atoms with Gasteiger partial charge in [-0.15, -0.1) is 0 Å². The lowest BCUT2D eigenvalue weighted by Crippen LogP contribution is -2.38. The van der Waals surface area contributed by atoms with Gasteiger partial charge in [0.15, 0.2) is 18.1 Å². The quantitative estimate of drug-likeness (QED) is 0.470. The van der Waals surface area contributed by atoms with Crippen LogP contribution in [-0.2, 0) is 9.53 Å². The number of hydrogen-bond acceptors (Lipinski definition) is 7. The molecular weight excluding hydrogens is 332 g/mol. The fourth-order valence-electron chi connectivity index (χ4n) is 2.06. The first kappa shape index (κ1) is 18.5. The van der Waals surface area contributed by atoms with Crippen LogP contribution in [0, 0.1) is 16.0 Å². The lowest BCUT2D eigenvalue weighted by atomic mass is 10.1. The molecule has 25 heavy (non-hydrogen) atoms. The number of amides is 1. The molecule has 2 rings (SSSR count). The van der Waals surface area contributed by atoms with Crippen molar-refractivity contribution in [2.45, 2.75) is 26.8 Å². The normalized spacial score (nSPS) is 13.9. The van der Waals surface area contributed by atoms with Crippen LogP contribution in [0.3, 0.4) is 0 Å². The van der Waals surface area contributed by atoms with E-state index in [0.29, 0.717) is 0 Å². The summed E-state index contributed by atoms with van der Waals surface area (Å²) in [5, 5.41) is 13.9. The average Bonchev–Trinajstić information content (AvgIpc) is 2.58. The summed E-state index contributed by atoms with van der Waals surface area (Å²) in [4.78, 5) is 34.4. The molecular formula is C16H20N2O7. The van der Waals surface area contributed by atoms with Crippen molar-refractivity contribution >= 4 is 17.6 Å². The Hall–Kier alpha value is -2.84. The third-order valence-corrected chi connectivity index (χ3v) is 3.80. The molecule has 0 fully saturated rings. The number of fused-ring (bicyclic) bond motifs is 1. The number of esters is 1. The molecule has 0 saturated heterocycles. The van der Waals surface area contributed by atoms with Gasteiger partial charge in [-0.2, -0.15) is 0 Å². The van der Waals surface area contributed by atoms with Crippen LogP contribution in [0.4, 0.5) is 5.69 Å². The van der Waals surface area contributed by atoms with E-state index in [1.807, 2.05) is 20.8 Å². The van der Waals surface area contributed by atoms with Crippen molar-refractivity contribution in [3.8, 4) is 11.5 Å². The van der Waals surface area contributed by atoms with Crippen LogP contribution >= 0.6 is 0 Å². The van der Waals surface area contributed by atoms with Gasteiger partial charge in [0.2, 0.25) is 0 Å². The predicted molar refractivity (Wildman–Crippen MR) is 86.8 cm³/mol. The van der Waals surface area contributed by atoms with E-state index in [9.17, 15) is 19.7 Å². The minimum atomic E-state index is -0.976. The lowest BCUT2D eigenvalue weighted by Gasteiger charge is -2.19. The van der Waals surface area contributed by atoms with Crippen LogP contribution in [0.5, 0.6) is 11.5 Å². The van der Waals surface area contributed by atoms with Crippen LogP contribution in [-0.4, -0.2) is 42.7 Å². The average molecular weight is 352 g/mol. The van der Waals surface area contributed by atoms with E-state index in [1.165, 1.54) is 6.07 Å². The number of carbonyl (C=O) groups excluding carboxylic acids is 2. The highest BCUT2D eigenvalue weighted by molar-refractivity contribution is 5.96. The molecule has 1 N–H and O–H groups in total. The molecule has 1 aromatic rings. The Morgan fingerprint density at radius 3 is 2.40 bits per heavy atom. The maximum atomic E-state index is 12.2. The first-order valence-corrected chi connectivity index (χ1v) is 7.84. The number of rotatable bonds is 6. The number of nitro benzene ring substituents is 1. The Bertz CT molecular complexity index is 687. The van der Waals surface area contributed by atoms with Gasteiger partial charge < -0.3 is 19.5 Å². The summed E-state index contributed by atoms with van der Waals surface area (Å²) >= 11 is 0. The van der Waals surface area contributed by atoms with E-state index >= 15 is 0 Å². The second kappa shape index (κ2) is 7.82. The zero-order chi connectivity index (χ0) is 18.6. The van der Waals surface area contributed by atoms with Crippen LogP contribution in [0.15, 0.2) is 12.1 Å². The van der Waals surface area contributed by atoms with Gasteiger partial charge in [0, 0.05) is 12.1 Å². The number of ether oxygens (including phenoxy) is 3. The van der Waals surface area contributed by atoms with Crippen molar-refractivity contribution in [2.24, 2.45) is 5.92 Å². The second-order valence-corrected chi connectivity index (χ2v) is 5.95. The van der Waals surface area contributed by atoms with Crippen molar-refractivity contribution in [2.75, 3.05) is 19.8 Å². The second-order valence-electron chi connectivity index (χ2n) is 5.95. The molecule has 1 atom stereocenters. The topological polar surface area (TPSA) is 117 Å². The van der Waals surface area contributed by atoms with E-state index < -0.39 is 29.1 Å². The smallest absolute Gasteiger partial charge is 0.345 e. The summed E-state index contributed by atoms with van der Waals surface area (Å²) < 4.78 is 15.5. The largest absolute Gasteiger partial charge is 0.486 e. The fourth-order valence-corrected chi connectivity index (χ4v) is 2.06. The molecule has 0 aliphatic carbocycles. The summed E-state index contributed by atoms with van der Waals surface area (Å²) in [6.07, 6.45) is 0. The Morgan fingerprint density at radius 1 is 1.24 bits per heavy atom. The molecule has 9 heteroatoms. The SMILES string of the molecule is CC(C)[C@@H](C)NC(=O)COC(=O)c1cc2c(cc1[N+](=O)[O-])OCCO2. The molecule has 136 valence electrons. The highest BCUT2D eigenvalue weighted by atomic mass is 16.6. The zero-order valence-corrected chi connectivity index (χ0v) is 14.2. The number of carbonyl (C=O) groups is 2. The van der Waals surface area contributed by atoms with E-state index in [4.69, 9.17) is 14.2 Å². The van der Waals surface area contributed by atoms with E-state index in [0.717, 1.165) is 6.07 Å². The number of nitrogens with one attached hydrogen (secondary N) is 1. The molecule has 1 aliphatic rings. The molecule has 1 aromatic carbocycles. The molecule has 0 saturated carbocycles. The molecule has 0 aromatic heterocycles. The Labute approximate surface area is 144 Å². The summed E-state index contributed by atoms with van der Waals surface area (Å²) in [5.74, 6) is -0.816. The number of hydrogen-bond donors (Lipinski definition) is 1. The zero-order valence-electron chi connectivity index (χ0n) is 14.2. The molecule has 0 spiro atoms. The van der Waals surface area contributed by atoms with Gasteiger partial charge in [-0.25, -0.2) is 4.79 Å². The van der Waals surface area contributed by atoms with Crippen LogP contribution < -0.4 is 14.8 Å². The van der Waals surface area contributed by atoms with Gasteiger partial charge in [-0.3, -0.25) is 14.9 Å². The van der Waals surface area contributed by atoms with Crippen LogP contribution in [0.2, 0.25) is 0 Å². The molecule has 1 amide bonds. The standard InChI is InChI=1S/C16H20N2O7/c1-9(2)10(3)17-15(19)8-25-16(20)11-6-13-14(24-5-4-23-13)7-12(11)18(21)22/h6-7,9-10H,4-5,8H2,1-3H3,(H,17,19)/t10-/m1/s1. The van der Waals surface area contributed by atoms with Crippen molar-refractivity contribution in [3.05, 3.63) is 27.8 Å². The Balaban J connectivity index is 2.10. The first-order valence-electron chi connectivity index (χ1n) is 7.84. The minimum absolute atomic E-state index is 0.0881. The van der Waals surface area contributed by atoms with E-state index in [1.54, 1.807) is 0 Å².